The molecule has 0 unspecified atom stereocenters. The first-order valence-corrected chi connectivity index (χ1v) is 9.60. The summed E-state index contributed by atoms with van der Waals surface area (Å²) in [5, 5.41) is 8.06. The molecule has 8 heteroatoms. The molecule has 1 fully saturated rings. The highest BCUT2D eigenvalue weighted by Crippen LogP contribution is 2.21. The van der Waals surface area contributed by atoms with Crippen molar-refractivity contribution in [3.63, 3.8) is 0 Å². The lowest BCUT2D eigenvalue weighted by molar-refractivity contribution is 0.0744. The van der Waals surface area contributed by atoms with Gasteiger partial charge >= 0.3 is 0 Å². The molecule has 1 aromatic heterocycles. The van der Waals surface area contributed by atoms with Crippen LogP contribution in [0.5, 0.6) is 0 Å². The minimum Gasteiger partial charge on any atom is -0.361 e. The van der Waals surface area contributed by atoms with Gasteiger partial charge in [0.15, 0.2) is 5.96 Å². The number of aliphatic imine (C=N–C) groups is 1. The molecular weight excluding hydrogens is 475 g/mol. The van der Waals surface area contributed by atoms with E-state index in [4.69, 9.17) is 0 Å². The fraction of sp³-hybridized carbons (Fsp3) is 0.550. The summed E-state index contributed by atoms with van der Waals surface area (Å²) in [6, 6.07) is 6.62. The number of nitrogens with zero attached hydrogens (tertiary/aromatic N) is 2. The normalized spacial score (nSPS) is 16.4. The molecule has 0 amide bonds. The van der Waals surface area contributed by atoms with Crippen molar-refractivity contribution in [2.45, 2.75) is 38.7 Å². The largest absolute Gasteiger partial charge is 0.361 e. The fourth-order valence-corrected chi connectivity index (χ4v) is 3.73. The van der Waals surface area contributed by atoms with E-state index in [0.29, 0.717) is 13.1 Å². The number of aromatic amines is 1. The topological polar surface area (TPSA) is 55.5 Å². The molecule has 28 heavy (non-hydrogen) atoms. The van der Waals surface area contributed by atoms with Crippen LogP contribution < -0.4 is 10.6 Å². The molecule has 0 spiro atoms. The van der Waals surface area contributed by atoms with Crippen molar-refractivity contribution in [1.29, 1.82) is 0 Å². The highest BCUT2D eigenvalue weighted by Gasteiger charge is 2.21. The Labute approximate surface area is 182 Å². The first-order chi connectivity index (χ1) is 13.1. The molecule has 0 radical (unpaired) electrons. The average molecular weight is 505 g/mol. The fourth-order valence-electron chi connectivity index (χ4n) is 3.73. The van der Waals surface area contributed by atoms with E-state index in [1.54, 1.807) is 7.05 Å². The number of guanidine groups is 1. The number of nitrogens with one attached hydrogen (secondary N) is 3. The summed E-state index contributed by atoms with van der Waals surface area (Å²) < 4.78 is 24.9. The maximum Gasteiger partial charge on any atom is 0.251 e. The number of hydrogen-bond acceptors (Lipinski definition) is 2. The molecule has 0 bridgehead atoms. The Bertz CT molecular complexity index is 769. The molecule has 156 valence electrons. The molecule has 0 saturated carbocycles. The number of aromatic nitrogens is 1. The molecule has 0 aliphatic carbocycles. The van der Waals surface area contributed by atoms with Crippen LogP contribution in [0.1, 0.15) is 24.0 Å². The molecule has 2 heterocycles. The van der Waals surface area contributed by atoms with Gasteiger partial charge in [-0.25, -0.2) is 8.78 Å². The van der Waals surface area contributed by atoms with Crippen LogP contribution in [0.4, 0.5) is 8.78 Å². The van der Waals surface area contributed by atoms with Gasteiger partial charge in [0.05, 0.1) is 6.54 Å². The van der Waals surface area contributed by atoms with Crippen LogP contribution in [-0.4, -0.2) is 61.5 Å². The molecule has 5 nitrogen and oxygen atoms in total. The second kappa shape index (κ2) is 10.9. The van der Waals surface area contributed by atoms with Crippen molar-refractivity contribution in [2.75, 3.05) is 33.2 Å². The van der Waals surface area contributed by atoms with Crippen LogP contribution in [0, 0.1) is 6.92 Å². The number of halogens is 3. The number of rotatable bonds is 6. The van der Waals surface area contributed by atoms with E-state index < -0.39 is 6.43 Å². The zero-order valence-corrected chi connectivity index (χ0v) is 18.8. The van der Waals surface area contributed by atoms with E-state index >= 15 is 0 Å². The van der Waals surface area contributed by atoms with Crippen LogP contribution in [0.2, 0.25) is 0 Å². The Morgan fingerprint density at radius 1 is 1.32 bits per heavy atom. The van der Waals surface area contributed by atoms with Crippen molar-refractivity contribution in [3.05, 3.63) is 35.5 Å². The van der Waals surface area contributed by atoms with Crippen molar-refractivity contribution < 1.29 is 8.78 Å². The number of aryl methyl sites for hydroxylation is 1. The minimum absolute atomic E-state index is 0. The molecule has 1 aliphatic heterocycles. The van der Waals surface area contributed by atoms with Crippen molar-refractivity contribution in [2.24, 2.45) is 4.99 Å². The average Bonchev–Trinajstić information content (AvgIpc) is 3.06. The third-order valence-electron chi connectivity index (χ3n) is 5.24. The molecule has 1 aromatic carbocycles. The smallest absolute Gasteiger partial charge is 0.251 e. The quantitative estimate of drug-likeness (QED) is 0.320. The first-order valence-electron chi connectivity index (χ1n) is 9.60. The number of hydrogen-bond donors (Lipinski definition) is 3. The molecule has 2 aromatic rings. The van der Waals surface area contributed by atoms with E-state index in [2.05, 4.69) is 51.9 Å². The molecule has 1 saturated heterocycles. The lowest BCUT2D eigenvalue weighted by atomic mass is 10.1. The van der Waals surface area contributed by atoms with Crippen LogP contribution in [0.25, 0.3) is 10.9 Å². The van der Waals surface area contributed by atoms with Crippen LogP contribution in [-0.2, 0) is 6.42 Å². The zero-order chi connectivity index (χ0) is 19.2. The third-order valence-corrected chi connectivity index (χ3v) is 5.24. The summed E-state index contributed by atoms with van der Waals surface area (Å²) in [6.07, 6.45) is 2.44. The maximum atomic E-state index is 12.5. The Kier molecular flexibility index (Phi) is 8.94. The number of piperidine rings is 1. The van der Waals surface area contributed by atoms with E-state index in [1.807, 2.05) is 4.90 Å². The lowest BCUT2D eigenvalue weighted by Gasteiger charge is -2.32. The number of likely N-dealkylation sites (tertiary alicyclic amines) is 1. The van der Waals surface area contributed by atoms with Gasteiger partial charge in [0.2, 0.25) is 0 Å². The van der Waals surface area contributed by atoms with Crippen LogP contribution in [0.3, 0.4) is 0 Å². The Balaban J connectivity index is 0.00000280. The summed E-state index contributed by atoms with van der Waals surface area (Å²) in [5.74, 6) is 0.776. The molecule has 1 aliphatic rings. The summed E-state index contributed by atoms with van der Waals surface area (Å²) >= 11 is 0. The first kappa shape index (κ1) is 22.9. The van der Waals surface area contributed by atoms with Gasteiger partial charge in [0, 0.05) is 49.8 Å². The minimum atomic E-state index is -2.25. The number of H-pyrrole nitrogens is 1. The van der Waals surface area contributed by atoms with Gasteiger partial charge in [-0.3, -0.25) is 9.89 Å². The number of alkyl halides is 2. The van der Waals surface area contributed by atoms with Crippen LogP contribution in [0.15, 0.2) is 29.4 Å². The number of para-hydroxylation sites is 1. The second-order valence-corrected chi connectivity index (χ2v) is 7.17. The van der Waals surface area contributed by atoms with Gasteiger partial charge in [0.1, 0.15) is 0 Å². The predicted molar refractivity (Wildman–Crippen MR) is 122 cm³/mol. The third kappa shape index (κ3) is 6.04. The van der Waals surface area contributed by atoms with E-state index in [1.165, 1.54) is 22.0 Å². The highest BCUT2D eigenvalue weighted by molar-refractivity contribution is 14.0. The standard InChI is InChI=1S/C20H29F2N5.HI/c1-14-4-3-5-17-15(12-25-19(14)17)6-9-24-20(23-2)26-16-7-10-27(11-8-16)13-18(21)22;/h3-5,12,16,18,25H,6-11,13H2,1-2H3,(H2,23,24,26);1H. The number of fused-ring (bicyclic) bond motifs is 1. The van der Waals surface area contributed by atoms with Gasteiger partial charge in [0.25, 0.3) is 6.43 Å². The summed E-state index contributed by atoms with van der Waals surface area (Å²) in [4.78, 5) is 9.49. The summed E-state index contributed by atoms with van der Waals surface area (Å²) in [6.45, 7) is 4.18. The monoisotopic (exact) mass is 505 g/mol. The Morgan fingerprint density at radius 3 is 2.75 bits per heavy atom. The molecule has 0 atom stereocenters. The van der Waals surface area contributed by atoms with Gasteiger partial charge in [-0.1, -0.05) is 18.2 Å². The number of benzene rings is 1. The summed E-state index contributed by atoms with van der Waals surface area (Å²) in [5.41, 5.74) is 3.74. The predicted octanol–water partition coefficient (Wildman–Crippen LogP) is 3.53. The maximum absolute atomic E-state index is 12.5. The lowest BCUT2D eigenvalue weighted by Crippen LogP contribution is -2.49. The van der Waals surface area contributed by atoms with Gasteiger partial charge in [-0.05, 0) is 37.3 Å². The molecular formula is C20H30F2IN5. The molecule has 3 N–H and O–H groups in total. The van der Waals surface area contributed by atoms with Gasteiger partial charge in [-0.2, -0.15) is 0 Å². The van der Waals surface area contributed by atoms with E-state index in [0.717, 1.165) is 31.8 Å². The Morgan fingerprint density at radius 2 is 2.07 bits per heavy atom. The molecule has 3 rings (SSSR count). The summed E-state index contributed by atoms with van der Waals surface area (Å²) in [7, 11) is 1.76. The van der Waals surface area contributed by atoms with E-state index in [9.17, 15) is 8.78 Å². The SMILES string of the molecule is CN=C(NCCc1c[nH]c2c(C)cccc12)NC1CCN(CC(F)F)CC1.I. The highest BCUT2D eigenvalue weighted by atomic mass is 127. The van der Waals surface area contributed by atoms with Crippen molar-refractivity contribution >= 4 is 40.8 Å². The Hall–Kier alpha value is -1.42. The van der Waals surface area contributed by atoms with Crippen molar-refractivity contribution in [1.82, 2.24) is 20.5 Å². The van der Waals surface area contributed by atoms with Gasteiger partial charge < -0.3 is 15.6 Å². The van der Waals surface area contributed by atoms with Crippen LogP contribution >= 0.6 is 24.0 Å². The second-order valence-electron chi connectivity index (χ2n) is 7.17. The van der Waals surface area contributed by atoms with E-state index in [-0.39, 0.29) is 36.6 Å². The van der Waals surface area contributed by atoms with Gasteiger partial charge in [-0.15, -0.1) is 24.0 Å². The zero-order valence-electron chi connectivity index (χ0n) is 16.5. The van der Waals surface area contributed by atoms with Crippen molar-refractivity contribution in [3.8, 4) is 0 Å².